The van der Waals surface area contributed by atoms with E-state index in [0.717, 1.165) is 18.2 Å². The lowest BCUT2D eigenvalue weighted by Crippen LogP contribution is -2.16. The molecule has 0 spiro atoms. The number of hydrogen-bond donors (Lipinski definition) is 2. The Hall–Kier alpha value is -1.67. The monoisotopic (exact) mass is 362 g/mol. The molecule has 0 saturated carbocycles. The highest BCUT2D eigenvalue weighted by atomic mass is 79.9. The summed E-state index contributed by atoms with van der Waals surface area (Å²) in [4.78, 5) is -0.269. The van der Waals surface area contributed by atoms with E-state index in [-0.39, 0.29) is 10.6 Å². The van der Waals surface area contributed by atoms with Crippen molar-refractivity contribution in [2.75, 3.05) is 10.5 Å². The second-order valence-corrected chi connectivity index (χ2v) is 6.45. The predicted octanol–water partition coefficient (Wildman–Crippen LogP) is 3.11. The Bertz CT molecular complexity index is 746. The molecule has 8 heteroatoms. The fraction of sp³-hybridized carbons (Fsp3) is 0. The van der Waals surface area contributed by atoms with Gasteiger partial charge < -0.3 is 5.73 Å². The van der Waals surface area contributed by atoms with Crippen LogP contribution in [0.25, 0.3) is 0 Å². The van der Waals surface area contributed by atoms with E-state index in [9.17, 15) is 17.2 Å². The van der Waals surface area contributed by atoms with Crippen LogP contribution in [-0.4, -0.2) is 8.42 Å². The van der Waals surface area contributed by atoms with Crippen molar-refractivity contribution in [3.63, 3.8) is 0 Å². The van der Waals surface area contributed by atoms with Gasteiger partial charge in [0.25, 0.3) is 10.0 Å². The van der Waals surface area contributed by atoms with Gasteiger partial charge >= 0.3 is 0 Å². The molecule has 2 aromatic carbocycles. The van der Waals surface area contributed by atoms with Crippen LogP contribution in [0, 0.1) is 11.6 Å². The van der Waals surface area contributed by atoms with E-state index < -0.39 is 27.3 Å². The Labute approximate surface area is 122 Å². The molecule has 0 aliphatic heterocycles. The first-order chi connectivity index (χ1) is 9.31. The van der Waals surface area contributed by atoms with Gasteiger partial charge in [0.05, 0.1) is 5.69 Å². The standard InChI is InChI=1S/C12H9BrF2N2O2S/c13-7-4-5-10(16)11(6-7)20(18,19)17-12-8(14)2-1-3-9(12)15/h1-6,17H,16H2. The van der Waals surface area contributed by atoms with Gasteiger partial charge in [0.2, 0.25) is 0 Å². The maximum absolute atomic E-state index is 13.5. The molecular weight excluding hydrogens is 354 g/mol. The Morgan fingerprint density at radius 1 is 1.10 bits per heavy atom. The molecule has 0 bridgehead atoms. The quantitative estimate of drug-likeness (QED) is 0.824. The van der Waals surface area contributed by atoms with Gasteiger partial charge in [-0.1, -0.05) is 22.0 Å². The fourth-order valence-corrected chi connectivity index (χ4v) is 3.27. The summed E-state index contributed by atoms with van der Waals surface area (Å²) in [5.41, 5.74) is 4.80. The molecule has 3 N–H and O–H groups in total. The molecule has 20 heavy (non-hydrogen) atoms. The average Bonchev–Trinajstić information content (AvgIpc) is 2.37. The summed E-state index contributed by atoms with van der Waals surface area (Å²) in [7, 11) is -4.20. The molecule has 0 unspecified atom stereocenters. The third-order valence-corrected chi connectivity index (χ3v) is 4.36. The highest BCUT2D eigenvalue weighted by molar-refractivity contribution is 9.10. The molecule has 0 amide bonds. The molecule has 2 rings (SSSR count). The number of hydrogen-bond acceptors (Lipinski definition) is 3. The zero-order valence-corrected chi connectivity index (χ0v) is 12.3. The van der Waals surface area contributed by atoms with Crippen LogP contribution in [0.5, 0.6) is 0 Å². The van der Waals surface area contributed by atoms with Gasteiger partial charge in [-0.3, -0.25) is 4.72 Å². The van der Waals surface area contributed by atoms with Crippen LogP contribution in [0.15, 0.2) is 45.8 Å². The third-order valence-electron chi connectivity index (χ3n) is 2.46. The molecule has 0 radical (unpaired) electrons. The van der Waals surface area contributed by atoms with Gasteiger partial charge in [-0.05, 0) is 30.3 Å². The lowest BCUT2D eigenvalue weighted by atomic mass is 10.3. The van der Waals surface area contributed by atoms with Crippen molar-refractivity contribution in [3.05, 3.63) is 52.5 Å². The number of benzene rings is 2. The van der Waals surface area contributed by atoms with Crippen LogP contribution in [-0.2, 0) is 10.0 Å². The van der Waals surface area contributed by atoms with Crippen molar-refractivity contribution in [2.24, 2.45) is 0 Å². The maximum atomic E-state index is 13.5. The Balaban J connectivity index is 2.49. The number of para-hydroxylation sites is 1. The van der Waals surface area contributed by atoms with Crippen LogP contribution in [0.1, 0.15) is 0 Å². The van der Waals surface area contributed by atoms with Crippen molar-refractivity contribution in [2.45, 2.75) is 4.90 Å². The van der Waals surface area contributed by atoms with Gasteiger partial charge in [0.15, 0.2) is 0 Å². The summed E-state index contributed by atoms with van der Waals surface area (Å²) < 4.78 is 53.5. The Kier molecular flexibility index (Phi) is 3.96. The number of rotatable bonds is 3. The zero-order valence-electron chi connectivity index (χ0n) is 9.90. The first-order valence-electron chi connectivity index (χ1n) is 5.33. The van der Waals surface area contributed by atoms with Crippen LogP contribution >= 0.6 is 15.9 Å². The van der Waals surface area contributed by atoms with Crippen LogP contribution in [0.4, 0.5) is 20.2 Å². The number of nitrogens with one attached hydrogen (secondary N) is 1. The number of anilines is 2. The van der Waals surface area contributed by atoms with E-state index in [1.165, 1.54) is 12.1 Å². The van der Waals surface area contributed by atoms with E-state index in [1.807, 2.05) is 4.72 Å². The second-order valence-electron chi connectivity index (χ2n) is 3.88. The SMILES string of the molecule is Nc1ccc(Br)cc1S(=O)(=O)Nc1c(F)cccc1F. The van der Waals surface area contributed by atoms with E-state index in [2.05, 4.69) is 15.9 Å². The van der Waals surface area contributed by atoms with Crippen molar-refractivity contribution < 1.29 is 17.2 Å². The van der Waals surface area contributed by atoms with E-state index in [0.29, 0.717) is 4.47 Å². The van der Waals surface area contributed by atoms with Crippen molar-refractivity contribution >= 4 is 37.3 Å². The minimum atomic E-state index is -4.20. The summed E-state index contributed by atoms with van der Waals surface area (Å²) >= 11 is 3.11. The molecule has 2 aromatic rings. The number of halogens is 3. The van der Waals surface area contributed by atoms with Gasteiger partial charge in [0.1, 0.15) is 22.2 Å². The Morgan fingerprint density at radius 3 is 2.30 bits per heavy atom. The topological polar surface area (TPSA) is 72.2 Å². The summed E-state index contributed by atoms with van der Waals surface area (Å²) in [6, 6.07) is 7.21. The molecule has 4 nitrogen and oxygen atoms in total. The third kappa shape index (κ3) is 2.91. The van der Waals surface area contributed by atoms with Crippen molar-refractivity contribution in [1.29, 1.82) is 0 Å². The van der Waals surface area contributed by atoms with Crippen molar-refractivity contribution in [3.8, 4) is 0 Å². The normalized spacial score (nSPS) is 11.3. The summed E-state index contributed by atoms with van der Waals surface area (Å²) in [6.45, 7) is 0. The van der Waals surface area contributed by atoms with Gasteiger partial charge in [0, 0.05) is 4.47 Å². The summed E-state index contributed by atoms with van der Waals surface area (Å²) in [6.07, 6.45) is 0. The smallest absolute Gasteiger partial charge is 0.264 e. The number of sulfonamides is 1. The fourth-order valence-electron chi connectivity index (χ4n) is 1.53. The van der Waals surface area contributed by atoms with Crippen molar-refractivity contribution in [1.82, 2.24) is 0 Å². The first kappa shape index (κ1) is 14.7. The largest absolute Gasteiger partial charge is 0.398 e. The molecule has 0 atom stereocenters. The molecule has 106 valence electrons. The van der Waals surface area contributed by atoms with Gasteiger partial charge in [-0.2, -0.15) is 0 Å². The van der Waals surface area contributed by atoms with E-state index in [4.69, 9.17) is 5.73 Å². The first-order valence-corrected chi connectivity index (χ1v) is 7.61. The minimum absolute atomic E-state index is 0.0301. The highest BCUT2D eigenvalue weighted by Gasteiger charge is 2.21. The van der Waals surface area contributed by atoms with Crippen LogP contribution in [0.3, 0.4) is 0 Å². The van der Waals surface area contributed by atoms with Gasteiger partial charge in [-0.15, -0.1) is 0 Å². The summed E-state index contributed by atoms with van der Waals surface area (Å²) in [5, 5.41) is 0. The number of nitrogens with two attached hydrogens (primary N) is 1. The molecule has 0 saturated heterocycles. The molecular formula is C12H9BrF2N2O2S. The van der Waals surface area contributed by atoms with E-state index in [1.54, 1.807) is 6.07 Å². The predicted molar refractivity (Wildman–Crippen MR) is 75.7 cm³/mol. The van der Waals surface area contributed by atoms with E-state index >= 15 is 0 Å². The number of nitrogen functional groups attached to an aromatic ring is 1. The highest BCUT2D eigenvalue weighted by Crippen LogP contribution is 2.27. The lowest BCUT2D eigenvalue weighted by Gasteiger charge is -2.11. The summed E-state index contributed by atoms with van der Waals surface area (Å²) in [5.74, 6) is -2.02. The molecule has 0 aromatic heterocycles. The second kappa shape index (κ2) is 5.37. The van der Waals surface area contributed by atoms with Crippen LogP contribution in [0.2, 0.25) is 0 Å². The minimum Gasteiger partial charge on any atom is -0.398 e. The molecule has 0 aliphatic carbocycles. The Morgan fingerprint density at radius 2 is 1.70 bits per heavy atom. The molecule has 0 aliphatic rings. The zero-order chi connectivity index (χ0) is 14.9. The molecule has 0 heterocycles. The molecule has 0 fully saturated rings. The lowest BCUT2D eigenvalue weighted by molar-refractivity contribution is 0.583. The maximum Gasteiger partial charge on any atom is 0.264 e. The average molecular weight is 363 g/mol. The van der Waals surface area contributed by atoms with Crippen LogP contribution < -0.4 is 10.5 Å². The van der Waals surface area contributed by atoms with Gasteiger partial charge in [-0.25, -0.2) is 17.2 Å².